The van der Waals surface area contributed by atoms with Crippen LogP contribution in [-0.4, -0.2) is 8.63 Å². The summed E-state index contributed by atoms with van der Waals surface area (Å²) in [6, 6.07) is 43.5. The average Bonchev–Trinajstić information content (AvgIpc) is 2.82. The van der Waals surface area contributed by atoms with Crippen molar-refractivity contribution in [2.45, 2.75) is 8.63 Å². The first-order valence-electron chi connectivity index (χ1n) is 10.1. The maximum Gasteiger partial charge on any atom is 0.0662 e. The molecule has 32 heavy (non-hydrogen) atoms. The van der Waals surface area contributed by atoms with E-state index in [1.54, 1.807) is 0 Å². The van der Waals surface area contributed by atoms with Gasteiger partial charge in [-0.25, -0.2) is 0 Å². The van der Waals surface area contributed by atoms with Gasteiger partial charge in [0.15, 0.2) is 0 Å². The minimum atomic E-state index is -0.786. The second-order valence-electron chi connectivity index (χ2n) is 7.12. The fourth-order valence-electron chi connectivity index (χ4n) is 3.71. The molecule has 4 aromatic rings. The zero-order valence-electron chi connectivity index (χ0n) is 17.3. The van der Waals surface area contributed by atoms with Crippen LogP contribution in [0.3, 0.4) is 0 Å². The summed E-state index contributed by atoms with van der Waals surface area (Å²) in [4.78, 5) is -0.0157. The molecule has 0 fully saturated rings. The minimum Gasteiger partial charge on any atom is -0.328 e. The van der Waals surface area contributed by atoms with Gasteiger partial charge in [-0.3, -0.25) is 0 Å². The van der Waals surface area contributed by atoms with Gasteiger partial charge in [0.2, 0.25) is 0 Å². The van der Waals surface area contributed by atoms with E-state index in [0.717, 1.165) is 0 Å². The number of benzene rings is 4. The minimum absolute atomic E-state index is 0. The van der Waals surface area contributed by atoms with Crippen molar-refractivity contribution >= 4 is 68.9 Å². The quantitative estimate of drug-likeness (QED) is 0.0906. The van der Waals surface area contributed by atoms with Crippen molar-refractivity contribution in [3.05, 3.63) is 128 Å². The topological polar surface area (TPSA) is 0 Å². The molecule has 1 unspecified atom stereocenters. The fraction of sp³-hybridized carbons (Fsp3) is 0.0741. The summed E-state index contributed by atoms with van der Waals surface area (Å²) in [5, 5.41) is 5.36. The SMILES string of the molecule is [CH2-]C(Br)C(Br)(P(c1ccccc1)c1ccccc1)P(c1ccccc1)c1ccccc1.[Ni]. The number of hydrogen-bond donors (Lipinski definition) is 0. The van der Waals surface area contributed by atoms with Gasteiger partial charge in [0, 0.05) is 16.5 Å². The zero-order valence-corrected chi connectivity index (χ0v) is 23.2. The number of rotatable bonds is 7. The van der Waals surface area contributed by atoms with Crippen molar-refractivity contribution < 1.29 is 16.5 Å². The van der Waals surface area contributed by atoms with Crippen LogP contribution in [0.1, 0.15) is 0 Å². The van der Waals surface area contributed by atoms with E-state index in [2.05, 4.69) is 160 Å². The van der Waals surface area contributed by atoms with Crippen LogP contribution in [0.4, 0.5) is 0 Å². The molecular weight excluding hydrogens is 605 g/mol. The third-order valence-corrected chi connectivity index (χ3v) is 16.1. The van der Waals surface area contributed by atoms with Gasteiger partial charge in [0.05, 0.1) is 3.81 Å². The monoisotopic (exact) mass is 625 g/mol. The van der Waals surface area contributed by atoms with E-state index in [-0.39, 0.29) is 25.1 Å². The van der Waals surface area contributed by atoms with Crippen LogP contribution >= 0.6 is 47.7 Å². The van der Waals surface area contributed by atoms with Crippen LogP contribution in [0.25, 0.3) is 0 Å². The van der Waals surface area contributed by atoms with Crippen molar-refractivity contribution in [2.75, 3.05) is 0 Å². The van der Waals surface area contributed by atoms with Crippen LogP contribution in [0.5, 0.6) is 0 Å². The summed E-state index contributed by atoms with van der Waals surface area (Å²) in [7, 11) is -1.57. The van der Waals surface area contributed by atoms with Gasteiger partial charge >= 0.3 is 0 Å². The summed E-state index contributed by atoms with van der Waals surface area (Å²) in [6.07, 6.45) is 0. The summed E-state index contributed by atoms with van der Waals surface area (Å²) >= 11 is 8.34. The normalized spacial score (nSPS) is 12.4. The molecule has 0 saturated carbocycles. The van der Waals surface area contributed by atoms with Crippen LogP contribution in [-0.2, 0) is 16.5 Å². The fourth-order valence-corrected chi connectivity index (χ4v) is 14.1. The average molecular weight is 628 g/mol. The van der Waals surface area contributed by atoms with Crippen molar-refractivity contribution in [2.24, 2.45) is 0 Å². The molecule has 5 heteroatoms. The smallest absolute Gasteiger partial charge is 0.0662 e. The molecular formula is C27H23Br2NiP2-. The van der Waals surface area contributed by atoms with E-state index in [4.69, 9.17) is 0 Å². The Morgan fingerprint density at radius 1 is 0.531 bits per heavy atom. The first-order valence-corrected chi connectivity index (χ1v) is 14.5. The third kappa shape index (κ3) is 5.46. The van der Waals surface area contributed by atoms with Crippen LogP contribution in [0.2, 0.25) is 0 Å². The molecule has 0 aromatic heterocycles. The molecule has 166 valence electrons. The van der Waals surface area contributed by atoms with Gasteiger partial charge in [0.25, 0.3) is 0 Å². The maximum atomic E-state index is 4.56. The molecule has 0 radical (unpaired) electrons. The summed E-state index contributed by atoms with van der Waals surface area (Å²) in [5.74, 6) is 0. The van der Waals surface area contributed by atoms with E-state index in [1.165, 1.54) is 21.2 Å². The second-order valence-corrected chi connectivity index (χ2v) is 15.9. The largest absolute Gasteiger partial charge is 0.328 e. The van der Waals surface area contributed by atoms with E-state index in [0.29, 0.717) is 0 Å². The first kappa shape index (κ1) is 25.8. The van der Waals surface area contributed by atoms with Gasteiger partial charge in [-0.05, 0) is 37.1 Å². The molecule has 0 aliphatic rings. The van der Waals surface area contributed by atoms with Crippen molar-refractivity contribution in [3.63, 3.8) is 0 Å². The van der Waals surface area contributed by atoms with Crippen LogP contribution < -0.4 is 21.2 Å². The molecule has 4 rings (SSSR count). The summed E-state index contributed by atoms with van der Waals surface area (Å²) in [6.45, 7) is 4.56. The number of halogens is 2. The Bertz CT molecular complexity index is 916. The Morgan fingerprint density at radius 3 is 0.938 bits per heavy atom. The molecule has 0 bridgehead atoms. The van der Waals surface area contributed by atoms with Crippen molar-refractivity contribution in [1.82, 2.24) is 0 Å². The van der Waals surface area contributed by atoms with Gasteiger partial charge in [-0.15, -0.1) is 15.9 Å². The molecule has 4 aromatic carbocycles. The molecule has 0 N–H and O–H groups in total. The van der Waals surface area contributed by atoms with Crippen LogP contribution in [0.15, 0.2) is 121 Å². The van der Waals surface area contributed by atoms with E-state index in [1.807, 2.05) is 0 Å². The molecule has 0 aliphatic carbocycles. The molecule has 0 nitrogen and oxygen atoms in total. The first-order chi connectivity index (χ1) is 15.1. The van der Waals surface area contributed by atoms with Gasteiger partial charge in [-0.2, -0.15) is 0 Å². The van der Waals surface area contributed by atoms with Gasteiger partial charge in [-0.1, -0.05) is 142 Å². The van der Waals surface area contributed by atoms with Crippen LogP contribution in [0, 0.1) is 6.92 Å². The second kappa shape index (κ2) is 12.1. The Morgan fingerprint density at radius 2 is 0.750 bits per heavy atom. The molecule has 0 amide bonds. The van der Waals surface area contributed by atoms with Gasteiger partial charge in [0.1, 0.15) is 0 Å². The van der Waals surface area contributed by atoms with Crippen molar-refractivity contribution in [3.8, 4) is 0 Å². The van der Waals surface area contributed by atoms with E-state index < -0.39 is 15.8 Å². The standard InChI is InChI=1S/C27H23Br2P2.Ni/c1-22(28)27(29,30(23-14-6-2-7-15-23)24-16-8-3-9-17-24)31(25-18-10-4-11-19-25)26-20-12-5-13-21-26;/h2-22H,1H2;/q-1;. The molecule has 0 saturated heterocycles. The Balaban J connectivity index is 0.00000289. The molecule has 0 spiro atoms. The number of alkyl halides is 2. The summed E-state index contributed by atoms with van der Waals surface area (Å²) < 4.78 is -0.302. The Kier molecular flexibility index (Phi) is 9.73. The molecule has 1 atom stereocenters. The Labute approximate surface area is 220 Å². The van der Waals surface area contributed by atoms with Crippen molar-refractivity contribution in [1.29, 1.82) is 0 Å². The predicted octanol–water partition coefficient (Wildman–Crippen LogP) is 6.90. The van der Waals surface area contributed by atoms with Gasteiger partial charge < -0.3 is 6.92 Å². The Hall–Kier alpha value is -0.806. The third-order valence-electron chi connectivity index (χ3n) is 5.08. The van der Waals surface area contributed by atoms with E-state index in [9.17, 15) is 0 Å². The predicted molar refractivity (Wildman–Crippen MR) is 148 cm³/mol. The molecule has 0 heterocycles. The van der Waals surface area contributed by atoms with E-state index >= 15 is 0 Å². The number of hydrogen-bond acceptors (Lipinski definition) is 0. The summed E-state index contributed by atoms with van der Waals surface area (Å²) in [5.41, 5.74) is 0. The maximum absolute atomic E-state index is 4.56. The zero-order chi connectivity index (χ0) is 21.7. The molecule has 0 aliphatic heterocycles.